The number of unbranched alkanes of at least 4 members (excludes halogenated alkanes) is 1. The predicted molar refractivity (Wildman–Crippen MR) is 86.4 cm³/mol. The van der Waals surface area contributed by atoms with Crippen molar-refractivity contribution in [2.24, 2.45) is 0 Å². The standard InChI is InChI=1S/C13H24N4O2S2/c1-3-5-11-21(18,19)17-8-6-7-16(9-10-17)13-14-12(4-2)15-20-13/h3-11H2,1-2H3. The van der Waals surface area contributed by atoms with Gasteiger partial charge in [-0.3, -0.25) is 0 Å². The second-order valence-electron chi connectivity index (χ2n) is 5.26. The molecular weight excluding hydrogens is 308 g/mol. The van der Waals surface area contributed by atoms with E-state index in [1.807, 2.05) is 13.8 Å². The Morgan fingerprint density at radius 2 is 2.00 bits per heavy atom. The summed E-state index contributed by atoms with van der Waals surface area (Å²) in [5.74, 6) is 1.13. The molecule has 0 aliphatic carbocycles. The first-order valence-corrected chi connectivity index (χ1v) is 10.0. The predicted octanol–water partition coefficient (Wildman–Crippen LogP) is 1.74. The molecule has 6 nitrogen and oxygen atoms in total. The largest absolute Gasteiger partial charge is 0.345 e. The molecule has 120 valence electrons. The van der Waals surface area contributed by atoms with Crippen LogP contribution in [0.1, 0.15) is 38.9 Å². The van der Waals surface area contributed by atoms with Crippen LogP contribution >= 0.6 is 11.5 Å². The lowest BCUT2D eigenvalue weighted by molar-refractivity contribution is 0.432. The van der Waals surface area contributed by atoms with E-state index in [4.69, 9.17) is 0 Å². The van der Waals surface area contributed by atoms with Crippen LogP contribution in [0.25, 0.3) is 0 Å². The molecule has 0 radical (unpaired) electrons. The molecule has 2 rings (SSSR count). The van der Waals surface area contributed by atoms with Crippen LogP contribution in [0.3, 0.4) is 0 Å². The summed E-state index contributed by atoms with van der Waals surface area (Å²) in [4.78, 5) is 6.66. The van der Waals surface area contributed by atoms with Crippen molar-refractivity contribution in [3.05, 3.63) is 5.82 Å². The Kier molecular flexibility index (Phi) is 5.95. The molecule has 1 fully saturated rings. The Bertz CT molecular complexity index is 544. The molecule has 0 saturated carbocycles. The lowest BCUT2D eigenvalue weighted by atomic mass is 10.4. The second kappa shape index (κ2) is 7.51. The Morgan fingerprint density at radius 1 is 1.19 bits per heavy atom. The number of rotatable bonds is 6. The van der Waals surface area contributed by atoms with E-state index in [1.54, 1.807) is 4.31 Å². The van der Waals surface area contributed by atoms with Crippen molar-refractivity contribution in [1.82, 2.24) is 13.7 Å². The van der Waals surface area contributed by atoms with Gasteiger partial charge in [-0.1, -0.05) is 20.3 Å². The Hall–Kier alpha value is -0.730. The van der Waals surface area contributed by atoms with Crippen LogP contribution in [-0.2, 0) is 16.4 Å². The molecule has 1 aromatic heterocycles. The first-order chi connectivity index (χ1) is 10.1. The fraction of sp³-hybridized carbons (Fsp3) is 0.846. The van der Waals surface area contributed by atoms with Gasteiger partial charge in [-0.05, 0) is 12.8 Å². The molecule has 0 aromatic carbocycles. The molecule has 1 aliphatic rings. The maximum absolute atomic E-state index is 12.3. The van der Waals surface area contributed by atoms with Crippen LogP contribution in [0.15, 0.2) is 0 Å². The minimum atomic E-state index is -3.10. The number of aromatic nitrogens is 2. The van der Waals surface area contributed by atoms with Crippen molar-refractivity contribution in [3.63, 3.8) is 0 Å². The topological polar surface area (TPSA) is 66.4 Å². The Morgan fingerprint density at radius 3 is 2.67 bits per heavy atom. The Balaban J connectivity index is 1.98. The number of nitrogens with zero attached hydrogens (tertiary/aromatic N) is 4. The molecule has 0 N–H and O–H groups in total. The summed E-state index contributed by atoms with van der Waals surface area (Å²) in [5, 5.41) is 0.916. The molecule has 2 heterocycles. The van der Waals surface area contributed by atoms with E-state index in [1.165, 1.54) is 11.5 Å². The summed E-state index contributed by atoms with van der Waals surface area (Å²) in [6, 6.07) is 0. The number of hydrogen-bond acceptors (Lipinski definition) is 6. The number of aryl methyl sites for hydroxylation is 1. The number of sulfonamides is 1. The molecule has 1 saturated heterocycles. The van der Waals surface area contributed by atoms with Gasteiger partial charge in [0, 0.05) is 44.1 Å². The highest BCUT2D eigenvalue weighted by molar-refractivity contribution is 7.89. The maximum atomic E-state index is 12.3. The fourth-order valence-electron chi connectivity index (χ4n) is 2.34. The van der Waals surface area contributed by atoms with Crippen molar-refractivity contribution >= 4 is 26.7 Å². The quantitative estimate of drug-likeness (QED) is 0.794. The van der Waals surface area contributed by atoms with Gasteiger partial charge in [0.1, 0.15) is 5.82 Å². The fourth-order valence-corrected chi connectivity index (χ4v) is 4.82. The van der Waals surface area contributed by atoms with Gasteiger partial charge in [0.15, 0.2) is 0 Å². The summed E-state index contributed by atoms with van der Waals surface area (Å²) in [5.41, 5.74) is 0. The second-order valence-corrected chi connectivity index (χ2v) is 8.07. The lowest BCUT2D eigenvalue weighted by Gasteiger charge is -2.21. The molecule has 1 aromatic rings. The van der Waals surface area contributed by atoms with Crippen LogP contribution in [0, 0.1) is 0 Å². The monoisotopic (exact) mass is 332 g/mol. The normalized spacial score (nSPS) is 17.9. The van der Waals surface area contributed by atoms with Crippen LogP contribution in [0.4, 0.5) is 5.13 Å². The molecule has 0 spiro atoms. The van der Waals surface area contributed by atoms with E-state index in [2.05, 4.69) is 14.3 Å². The Labute approximate surface area is 131 Å². The first-order valence-electron chi connectivity index (χ1n) is 7.62. The lowest BCUT2D eigenvalue weighted by Crippen LogP contribution is -2.36. The smallest absolute Gasteiger partial charge is 0.214 e. The van der Waals surface area contributed by atoms with Crippen LogP contribution in [0.2, 0.25) is 0 Å². The van der Waals surface area contributed by atoms with Crippen molar-refractivity contribution in [1.29, 1.82) is 0 Å². The van der Waals surface area contributed by atoms with E-state index in [0.29, 0.717) is 19.6 Å². The van der Waals surface area contributed by atoms with Crippen LogP contribution in [0.5, 0.6) is 0 Å². The summed E-state index contributed by atoms with van der Waals surface area (Å²) < 4.78 is 30.5. The van der Waals surface area contributed by atoms with Gasteiger partial charge in [-0.15, -0.1) is 0 Å². The average Bonchev–Trinajstić information content (AvgIpc) is 2.81. The highest BCUT2D eigenvalue weighted by atomic mass is 32.2. The van der Waals surface area contributed by atoms with Gasteiger partial charge in [0.2, 0.25) is 15.2 Å². The molecule has 0 bridgehead atoms. The highest BCUT2D eigenvalue weighted by Gasteiger charge is 2.25. The van der Waals surface area contributed by atoms with E-state index < -0.39 is 10.0 Å². The number of hydrogen-bond donors (Lipinski definition) is 0. The zero-order valence-electron chi connectivity index (χ0n) is 12.8. The van der Waals surface area contributed by atoms with E-state index in [9.17, 15) is 8.42 Å². The minimum absolute atomic E-state index is 0.266. The number of anilines is 1. The van der Waals surface area contributed by atoms with E-state index in [0.717, 1.165) is 43.2 Å². The van der Waals surface area contributed by atoms with Gasteiger partial charge >= 0.3 is 0 Å². The average molecular weight is 332 g/mol. The molecule has 0 atom stereocenters. The first kappa shape index (κ1) is 16.6. The highest BCUT2D eigenvalue weighted by Crippen LogP contribution is 2.20. The third-order valence-electron chi connectivity index (χ3n) is 3.65. The van der Waals surface area contributed by atoms with Crippen molar-refractivity contribution in [3.8, 4) is 0 Å². The third kappa shape index (κ3) is 4.37. The SMILES string of the molecule is CCCCS(=O)(=O)N1CCCN(c2nc(CC)ns2)CC1. The summed E-state index contributed by atoms with van der Waals surface area (Å²) in [6.07, 6.45) is 3.32. The molecule has 0 unspecified atom stereocenters. The molecule has 21 heavy (non-hydrogen) atoms. The molecule has 0 amide bonds. The zero-order valence-corrected chi connectivity index (χ0v) is 14.4. The van der Waals surface area contributed by atoms with Gasteiger partial charge in [0.25, 0.3) is 0 Å². The van der Waals surface area contributed by atoms with Crippen LogP contribution < -0.4 is 4.90 Å². The van der Waals surface area contributed by atoms with Gasteiger partial charge in [-0.25, -0.2) is 17.7 Å². The summed E-state index contributed by atoms with van der Waals surface area (Å²) in [6.45, 7) is 6.76. The van der Waals surface area contributed by atoms with Crippen molar-refractivity contribution < 1.29 is 8.42 Å². The molecule has 8 heteroatoms. The van der Waals surface area contributed by atoms with Gasteiger partial charge < -0.3 is 4.90 Å². The zero-order chi connectivity index (χ0) is 15.3. The van der Waals surface area contributed by atoms with Gasteiger partial charge in [0.05, 0.1) is 5.75 Å². The summed E-state index contributed by atoms with van der Waals surface area (Å²) in [7, 11) is -3.10. The minimum Gasteiger partial charge on any atom is -0.345 e. The van der Waals surface area contributed by atoms with E-state index in [-0.39, 0.29) is 5.75 Å². The van der Waals surface area contributed by atoms with Crippen molar-refractivity contribution in [2.75, 3.05) is 36.8 Å². The summed E-state index contributed by atoms with van der Waals surface area (Å²) >= 11 is 1.41. The van der Waals surface area contributed by atoms with Crippen molar-refractivity contribution in [2.45, 2.75) is 39.5 Å². The van der Waals surface area contributed by atoms with Gasteiger partial charge in [-0.2, -0.15) is 4.37 Å². The maximum Gasteiger partial charge on any atom is 0.214 e. The van der Waals surface area contributed by atoms with E-state index >= 15 is 0 Å². The molecular formula is C13H24N4O2S2. The van der Waals surface area contributed by atoms with Crippen LogP contribution in [-0.4, -0.2) is 54.0 Å². The third-order valence-corrected chi connectivity index (χ3v) is 6.42. The molecule has 1 aliphatic heterocycles.